The van der Waals surface area contributed by atoms with Gasteiger partial charge in [-0.2, -0.15) is 0 Å². The zero-order valence-corrected chi connectivity index (χ0v) is 18.0. The van der Waals surface area contributed by atoms with E-state index in [2.05, 4.69) is 0 Å². The average molecular weight is 417 g/mol. The molecular formula is C22H28N2O4S. The molecule has 1 aliphatic rings. The van der Waals surface area contributed by atoms with Gasteiger partial charge in [-0.25, -0.2) is 8.42 Å². The van der Waals surface area contributed by atoms with E-state index in [9.17, 15) is 13.2 Å². The number of carbonyl (C=O) groups excluding carboxylic acids is 1. The van der Waals surface area contributed by atoms with Crippen LogP contribution in [0.5, 0.6) is 5.75 Å². The second-order valence-corrected chi connectivity index (χ2v) is 9.94. The number of sulfone groups is 1. The highest BCUT2D eigenvalue weighted by Gasteiger charge is 2.31. The molecule has 6 nitrogen and oxygen atoms in total. The van der Waals surface area contributed by atoms with Crippen molar-refractivity contribution in [2.75, 3.05) is 42.5 Å². The third-order valence-corrected chi connectivity index (χ3v) is 7.11. The Hall–Kier alpha value is -2.54. The Morgan fingerprint density at radius 3 is 2.17 bits per heavy atom. The molecule has 2 aromatic carbocycles. The van der Waals surface area contributed by atoms with E-state index in [0.29, 0.717) is 13.0 Å². The lowest BCUT2D eigenvalue weighted by molar-refractivity contribution is -0.119. The van der Waals surface area contributed by atoms with Crippen LogP contribution < -0.4 is 14.5 Å². The van der Waals surface area contributed by atoms with Crippen molar-refractivity contribution in [1.29, 1.82) is 0 Å². The summed E-state index contributed by atoms with van der Waals surface area (Å²) in [5.74, 6) is 0.836. The van der Waals surface area contributed by atoms with Gasteiger partial charge in [-0.3, -0.25) is 4.79 Å². The van der Waals surface area contributed by atoms with E-state index in [1.54, 1.807) is 12.0 Å². The molecule has 0 spiro atoms. The maximum Gasteiger partial charge on any atom is 0.227 e. The van der Waals surface area contributed by atoms with Crippen LogP contribution in [-0.4, -0.2) is 47.0 Å². The van der Waals surface area contributed by atoms with Crippen LogP contribution in [0, 0.1) is 5.92 Å². The Balaban J connectivity index is 1.81. The van der Waals surface area contributed by atoms with E-state index in [0.717, 1.165) is 22.7 Å². The van der Waals surface area contributed by atoms with Crippen molar-refractivity contribution in [2.24, 2.45) is 5.92 Å². The minimum atomic E-state index is -3.00. The lowest BCUT2D eigenvalue weighted by Gasteiger charge is -2.25. The number of hydrogen-bond donors (Lipinski definition) is 0. The van der Waals surface area contributed by atoms with Crippen molar-refractivity contribution in [3.8, 4) is 5.75 Å². The molecule has 0 radical (unpaired) electrons. The van der Waals surface area contributed by atoms with E-state index in [1.165, 1.54) is 0 Å². The van der Waals surface area contributed by atoms with Gasteiger partial charge in [0.15, 0.2) is 9.84 Å². The lowest BCUT2D eigenvalue weighted by atomic mass is 10.0. The number of anilines is 2. The molecule has 0 bridgehead atoms. The Morgan fingerprint density at radius 2 is 1.66 bits per heavy atom. The zero-order chi connectivity index (χ0) is 21.0. The molecule has 0 aliphatic carbocycles. The van der Waals surface area contributed by atoms with E-state index < -0.39 is 9.84 Å². The van der Waals surface area contributed by atoms with Gasteiger partial charge in [0.2, 0.25) is 5.91 Å². The minimum absolute atomic E-state index is 0.0612. The molecule has 1 amide bonds. The second-order valence-electron chi connectivity index (χ2n) is 7.71. The van der Waals surface area contributed by atoms with Gasteiger partial charge in [-0.15, -0.1) is 0 Å². The van der Waals surface area contributed by atoms with Crippen molar-refractivity contribution in [3.63, 3.8) is 0 Å². The standard InChI is InChI=1S/C22H28N2O4S/c1-23(2)19-6-4-17(5-7-19)15-24(20-8-10-21(28-3)11-9-20)22(25)14-18-12-13-29(26,27)16-18/h4-11,18H,12-16H2,1-3H3. The van der Waals surface area contributed by atoms with Crippen molar-refractivity contribution in [1.82, 2.24) is 0 Å². The maximum absolute atomic E-state index is 13.1. The second kappa shape index (κ2) is 8.86. The Morgan fingerprint density at radius 1 is 1.03 bits per heavy atom. The molecule has 156 valence electrons. The maximum atomic E-state index is 13.1. The van der Waals surface area contributed by atoms with E-state index in [4.69, 9.17) is 4.74 Å². The number of hydrogen-bond acceptors (Lipinski definition) is 5. The highest BCUT2D eigenvalue weighted by molar-refractivity contribution is 7.91. The lowest BCUT2D eigenvalue weighted by Crippen LogP contribution is -2.32. The highest BCUT2D eigenvalue weighted by Crippen LogP contribution is 2.27. The Kier molecular flexibility index (Phi) is 6.47. The first-order valence-electron chi connectivity index (χ1n) is 9.68. The molecule has 1 aliphatic heterocycles. The topological polar surface area (TPSA) is 66.9 Å². The number of amides is 1. The molecule has 1 unspecified atom stereocenters. The van der Waals surface area contributed by atoms with Crippen LogP contribution in [0.25, 0.3) is 0 Å². The summed E-state index contributed by atoms with van der Waals surface area (Å²) in [4.78, 5) is 16.9. The quantitative estimate of drug-likeness (QED) is 0.694. The number of benzene rings is 2. The first-order valence-corrected chi connectivity index (χ1v) is 11.5. The molecule has 0 aromatic heterocycles. The predicted octanol–water partition coefficient (Wildman–Crippen LogP) is 3.12. The summed E-state index contributed by atoms with van der Waals surface area (Å²) >= 11 is 0. The number of carbonyl (C=O) groups is 1. The van der Waals surface area contributed by atoms with Crippen LogP contribution in [0.3, 0.4) is 0 Å². The van der Waals surface area contributed by atoms with Crippen LogP contribution in [0.15, 0.2) is 48.5 Å². The molecule has 1 atom stereocenters. The van der Waals surface area contributed by atoms with Gasteiger partial charge in [-0.05, 0) is 54.3 Å². The highest BCUT2D eigenvalue weighted by atomic mass is 32.2. The van der Waals surface area contributed by atoms with Crippen LogP contribution in [0.2, 0.25) is 0 Å². The third kappa shape index (κ3) is 5.50. The summed E-state index contributed by atoms with van der Waals surface area (Å²) in [6.07, 6.45) is 0.795. The molecule has 1 saturated heterocycles. The third-order valence-electron chi connectivity index (χ3n) is 5.27. The monoisotopic (exact) mass is 416 g/mol. The summed E-state index contributed by atoms with van der Waals surface area (Å²) < 4.78 is 28.8. The van der Waals surface area contributed by atoms with E-state index in [1.807, 2.05) is 67.5 Å². The van der Waals surface area contributed by atoms with Gasteiger partial charge >= 0.3 is 0 Å². The number of ether oxygens (including phenoxy) is 1. The smallest absolute Gasteiger partial charge is 0.227 e. The molecule has 7 heteroatoms. The van der Waals surface area contributed by atoms with E-state index >= 15 is 0 Å². The molecular weight excluding hydrogens is 388 g/mol. The molecule has 1 heterocycles. The summed E-state index contributed by atoms with van der Waals surface area (Å²) in [6.45, 7) is 0.429. The van der Waals surface area contributed by atoms with Crippen molar-refractivity contribution >= 4 is 27.1 Å². The fraction of sp³-hybridized carbons (Fsp3) is 0.409. The summed E-state index contributed by atoms with van der Waals surface area (Å²) in [6, 6.07) is 15.4. The van der Waals surface area contributed by atoms with E-state index in [-0.39, 0.29) is 29.8 Å². The molecule has 0 N–H and O–H groups in total. The minimum Gasteiger partial charge on any atom is -0.497 e. The van der Waals surface area contributed by atoms with Crippen molar-refractivity contribution < 1.29 is 17.9 Å². The average Bonchev–Trinajstić information content (AvgIpc) is 3.04. The summed E-state index contributed by atoms with van der Waals surface area (Å²) in [5, 5.41) is 0. The van der Waals surface area contributed by atoms with Gasteiger partial charge in [0, 0.05) is 31.9 Å². The van der Waals surface area contributed by atoms with Crippen molar-refractivity contribution in [2.45, 2.75) is 19.4 Å². The van der Waals surface area contributed by atoms with Gasteiger partial charge in [0.25, 0.3) is 0 Å². The largest absolute Gasteiger partial charge is 0.497 e. The number of nitrogens with zero attached hydrogens (tertiary/aromatic N) is 2. The van der Waals surface area contributed by atoms with Crippen LogP contribution in [-0.2, 0) is 21.2 Å². The number of rotatable bonds is 7. The van der Waals surface area contributed by atoms with Crippen LogP contribution in [0.1, 0.15) is 18.4 Å². The van der Waals surface area contributed by atoms with Gasteiger partial charge in [0.05, 0.1) is 25.2 Å². The predicted molar refractivity (Wildman–Crippen MR) is 116 cm³/mol. The summed E-state index contributed by atoms with van der Waals surface area (Å²) in [7, 11) is 2.57. The fourth-order valence-electron chi connectivity index (χ4n) is 3.56. The molecule has 3 rings (SSSR count). The molecule has 1 fully saturated rings. The normalized spacial score (nSPS) is 17.7. The van der Waals surface area contributed by atoms with Crippen LogP contribution >= 0.6 is 0 Å². The van der Waals surface area contributed by atoms with Gasteiger partial charge in [-0.1, -0.05) is 12.1 Å². The summed E-state index contributed by atoms with van der Waals surface area (Å²) in [5.41, 5.74) is 2.87. The number of methoxy groups -OCH3 is 1. The molecule has 0 saturated carbocycles. The van der Waals surface area contributed by atoms with Gasteiger partial charge in [0.1, 0.15) is 5.75 Å². The molecule has 29 heavy (non-hydrogen) atoms. The Labute approximate surface area is 173 Å². The van der Waals surface area contributed by atoms with Crippen molar-refractivity contribution in [3.05, 3.63) is 54.1 Å². The Bertz CT molecular complexity index is 938. The van der Waals surface area contributed by atoms with Crippen LogP contribution in [0.4, 0.5) is 11.4 Å². The molecule has 2 aromatic rings. The van der Waals surface area contributed by atoms with Gasteiger partial charge < -0.3 is 14.5 Å². The first-order chi connectivity index (χ1) is 13.8. The fourth-order valence-corrected chi connectivity index (χ4v) is 5.42. The first kappa shape index (κ1) is 21.2. The zero-order valence-electron chi connectivity index (χ0n) is 17.2. The SMILES string of the molecule is COc1ccc(N(Cc2ccc(N(C)C)cc2)C(=O)CC2CCS(=O)(=O)C2)cc1.